The number of aromatic amines is 1. The summed E-state index contributed by atoms with van der Waals surface area (Å²) < 4.78 is 28.4. The zero-order chi connectivity index (χ0) is 20.9. The van der Waals surface area contributed by atoms with E-state index >= 15 is 0 Å². The van der Waals surface area contributed by atoms with Crippen molar-refractivity contribution in [3.8, 4) is 0 Å². The molecule has 0 saturated carbocycles. The molecule has 0 aliphatic rings. The van der Waals surface area contributed by atoms with Crippen molar-refractivity contribution in [1.29, 1.82) is 0 Å². The average molecular weight is 413 g/mol. The average Bonchev–Trinajstić information content (AvgIpc) is 3.20. The van der Waals surface area contributed by atoms with Crippen LogP contribution in [0.2, 0.25) is 0 Å². The molecule has 1 aromatic heterocycles. The van der Waals surface area contributed by atoms with Crippen molar-refractivity contribution >= 4 is 27.4 Å². The molecule has 3 rings (SSSR count). The number of aryl methyl sites for hydroxylation is 2. The molecule has 0 aliphatic heterocycles. The number of sulfonamides is 1. The largest absolute Gasteiger partial charge is 0.307 e. The second-order valence-corrected chi connectivity index (χ2v) is 8.46. The molecule has 2 aromatic carbocycles. The third-order valence-corrected chi connectivity index (χ3v) is 6.04. The van der Waals surface area contributed by atoms with Crippen molar-refractivity contribution in [3.05, 3.63) is 71.4 Å². The van der Waals surface area contributed by atoms with Gasteiger partial charge in [0.05, 0.1) is 11.1 Å². The van der Waals surface area contributed by atoms with Gasteiger partial charge in [-0.25, -0.2) is 8.42 Å². The third-order valence-electron chi connectivity index (χ3n) is 4.51. The fraction of sp³-hybridized carbons (Fsp3) is 0.238. The second kappa shape index (κ2) is 8.91. The number of hydrogen-bond acceptors (Lipinski definition) is 4. The van der Waals surface area contributed by atoms with Crippen LogP contribution >= 0.6 is 0 Å². The summed E-state index contributed by atoms with van der Waals surface area (Å²) in [5.41, 5.74) is 2.44. The summed E-state index contributed by atoms with van der Waals surface area (Å²) in [4.78, 5) is 12.5. The Labute approximate surface area is 170 Å². The van der Waals surface area contributed by atoms with Crippen LogP contribution in [0.25, 0.3) is 0 Å². The lowest BCUT2D eigenvalue weighted by Gasteiger charge is -2.12. The Hall–Kier alpha value is -3.13. The Bertz CT molecular complexity index is 1080. The first kappa shape index (κ1) is 20.6. The number of carbonyl (C=O) groups excluding carboxylic acids is 1. The van der Waals surface area contributed by atoms with E-state index in [0.29, 0.717) is 17.1 Å². The van der Waals surface area contributed by atoms with Gasteiger partial charge in [-0.3, -0.25) is 14.6 Å². The van der Waals surface area contributed by atoms with Gasteiger partial charge in [-0.15, -0.1) is 0 Å². The van der Waals surface area contributed by atoms with Gasteiger partial charge in [0.15, 0.2) is 0 Å². The van der Waals surface area contributed by atoms with E-state index in [1.807, 2.05) is 12.1 Å². The minimum Gasteiger partial charge on any atom is -0.307 e. The van der Waals surface area contributed by atoms with Gasteiger partial charge in [0.2, 0.25) is 0 Å². The maximum atomic E-state index is 12.9. The highest BCUT2D eigenvalue weighted by molar-refractivity contribution is 7.92. The van der Waals surface area contributed by atoms with Gasteiger partial charge in [-0.1, -0.05) is 31.5 Å². The molecule has 0 bridgehead atoms. The van der Waals surface area contributed by atoms with Gasteiger partial charge in [0.25, 0.3) is 15.9 Å². The molecule has 29 heavy (non-hydrogen) atoms. The Morgan fingerprint density at radius 2 is 1.86 bits per heavy atom. The molecule has 0 spiro atoms. The van der Waals surface area contributed by atoms with Crippen LogP contribution in [-0.2, 0) is 16.4 Å². The van der Waals surface area contributed by atoms with Crippen molar-refractivity contribution in [2.45, 2.75) is 38.0 Å². The highest BCUT2D eigenvalue weighted by Crippen LogP contribution is 2.22. The van der Waals surface area contributed by atoms with E-state index in [0.717, 1.165) is 19.3 Å². The molecule has 0 radical (unpaired) electrons. The monoisotopic (exact) mass is 412 g/mol. The summed E-state index contributed by atoms with van der Waals surface area (Å²) in [5, 5.41) is 9.03. The van der Waals surface area contributed by atoms with E-state index in [9.17, 15) is 13.2 Å². The summed E-state index contributed by atoms with van der Waals surface area (Å²) >= 11 is 0. The zero-order valence-electron chi connectivity index (χ0n) is 16.4. The lowest BCUT2D eigenvalue weighted by Crippen LogP contribution is -2.17. The van der Waals surface area contributed by atoms with Gasteiger partial charge < -0.3 is 5.32 Å². The number of nitrogens with one attached hydrogen (secondary N) is 3. The Balaban J connectivity index is 1.79. The maximum Gasteiger partial charge on any atom is 0.262 e. The highest BCUT2D eigenvalue weighted by atomic mass is 32.2. The van der Waals surface area contributed by atoms with Gasteiger partial charge in [-0.05, 0) is 55.2 Å². The van der Waals surface area contributed by atoms with Crippen LogP contribution in [0.3, 0.4) is 0 Å². The molecule has 0 atom stereocenters. The molecule has 0 saturated heterocycles. The fourth-order valence-corrected chi connectivity index (χ4v) is 4.21. The van der Waals surface area contributed by atoms with Crippen LogP contribution < -0.4 is 10.0 Å². The van der Waals surface area contributed by atoms with Crippen molar-refractivity contribution < 1.29 is 13.2 Å². The molecule has 1 heterocycles. The van der Waals surface area contributed by atoms with Gasteiger partial charge in [-0.2, -0.15) is 5.10 Å². The van der Waals surface area contributed by atoms with Crippen molar-refractivity contribution in [2.24, 2.45) is 0 Å². The molecule has 152 valence electrons. The molecule has 1 amide bonds. The summed E-state index contributed by atoms with van der Waals surface area (Å²) in [5.74, 6) is 0.00671. The summed E-state index contributed by atoms with van der Waals surface area (Å²) in [6.45, 7) is 3.83. The molecule has 3 N–H and O–H groups in total. The molecule has 8 heteroatoms. The van der Waals surface area contributed by atoms with Crippen LogP contribution in [-0.4, -0.2) is 24.5 Å². The number of carbonyl (C=O) groups is 1. The Kier molecular flexibility index (Phi) is 6.33. The number of hydrogen-bond donors (Lipinski definition) is 3. The summed E-state index contributed by atoms with van der Waals surface area (Å²) in [6, 6.07) is 13.5. The number of rotatable bonds is 8. The number of H-pyrrole nitrogens is 1. The molecule has 0 aliphatic carbocycles. The zero-order valence-corrected chi connectivity index (χ0v) is 17.2. The lowest BCUT2D eigenvalue weighted by molar-refractivity contribution is 0.102. The van der Waals surface area contributed by atoms with E-state index in [-0.39, 0.29) is 10.5 Å². The standard InChI is InChI=1S/C21H24N4O3S/c1-3-4-5-16-7-10-18(11-8-16)25-29(27,28)19-14-17(9-6-15(19)2)21(26)23-20-12-13-22-24-20/h6-14,25H,3-5H2,1-2H3,(H2,22,23,24,26). The first-order valence-electron chi connectivity index (χ1n) is 9.42. The molecule has 7 nitrogen and oxygen atoms in total. The molecular formula is C21H24N4O3S. The van der Waals surface area contributed by atoms with Crippen molar-refractivity contribution in [1.82, 2.24) is 10.2 Å². The van der Waals surface area contributed by atoms with Gasteiger partial charge in [0.1, 0.15) is 5.82 Å². The SMILES string of the molecule is CCCCc1ccc(NS(=O)(=O)c2cc(C(=O)Nc3ccn[nH]3)ccc2C)cc1. The smallest absolute Gasteiger partial charge is 0.262 e. The number of anilines is 2. The summed E-state index contributed by atoms with van der Waals surface area (Å²) in [7, 11) is -3.84. The van der Waals surface area contributed by atoms with Crippen LogP contribution in [0.5, 0.6) is 0 Å². The molecule has 0 unspecified atom stereocenters. The fourth-order valence-electron chi connectivity index (χ4n) is 2.88. The first-order chi connectivity index (χ1) is 13.9. The third kappa shape index (κ3) is 5.23. The maximum absolute atomic E-state index is 12.9. The van der Waals surface area contributed by atoms with Gasteiger partial charge >= 0.3 is 0 Å². The Morgan fingerprint density at radius 3 is 2.52 bits per heavy atom. The van der Waals surface area contributed by atoms with Crippen LogP contribution in [0.4, 0.5) is 11.5 Å². The van der Waals surface area contributed by atoms with E-state index in [1.54, 1.807) is 37.3 Å². The van der Waals surface area contributed by atoms with Crippen molar-refractivity contribution in [3.63, 3.8) is 0 Å². The van der Waals surface area contributed by atoms with E-state index < -0.39 is 15.9 Å². The number of benzene rings is 2. The molecule has 3 aromatic rings. The normalized spacial score (nSPS) is 11.2. The van der Waals surface area contributed by atoms with Crippen LogP contribution in [0.1, 0.15) is 41.3 Å². The van der Waals surface area contributed by atoms with Gasteiger partial charge in [0, 0.05) is 17.3 Å². The number of nitrogens with zero attached hydrogens (tertiary/aromatic N) is 1. The quantitative estimate of drug-likeness (QED) is 0.518. The number of amides is 1. The van der Waals surface area contributed by atoms with E-state index in [4.69, 9.17) is 0 Å². The number of aromatic nitrogens is 2. The predicted molar refractivity (Wildman–Crippen MR) is 114 cm³/mol. The van der Waals surface area contributed by atoms with E-state index in [1.165, 1.54) is 17.8 Å². The lowest BCUT2D eigenvalue weighted by atomic mass is 10.1. The molecule has 0 fully saturated rings. The van der Waals surface area contributed by atoms with Crippen LogP contribution in [0, 0.1) is 6.92 Å². The minimum absolute atomic E-state index is 0.0600. The highest BCUT2D eigenvalue weighted by Gasteiger charge is 2.19. The van der Waals surface area contributed by atoms with E-state index in [2.05, 4.69) is 27.2 Å². The predicted octanol–water partition coefficient (Wildman–Crippen LogP) is 4.11. The first-order valence-corrected chi connectivity index (χ1v) is 10.9. The van der Waals surface area contributed by atoms with Crippen molar-refractivity contribution in [2.75, 3.05) is 10.0 Å². The summed E-state index contributed by atoms with van der Waals surface area (Å²) in [6.07, 6.45) is 4.68. The topological polar surface area (TPSA) is 104 Å². The van der Waals surface area contributed by atoms with Crippen LogP contribution in [0.15, 0.2) is 59.6 Å². The Morgan fingerprint density at radius 1 is 1.10 bits per heavy atom. The second-order valence-electron chi connectivity index (χ2n) is 6.81. The molecular weight excluding hydrogens is 388 g/mol. The number of unbranched alkanes of at least 4 members (excludes halogenated alkanes) is 1. The minimum atomic E-state index is -3.84.